The zero-order valence-corrected chi connectivity index (χ0v) is 10.8. The number of carboxylic acids is 1. The fourth-order valence-electron chi connectivity index (χ4n) is 2.11. The van der Waals surface area contributed by atoms with Crippen molar-refractivity contribution < 1.29 is 18.7 Å². The lowest BCUT2D eigenvalue weighted by Gasteiger charge is -2.00. The van der Waals surface area contributed by atoms with Crippen LogP contribution in [-0.4, -0.2) is 20.5 Å². The van der Waals surface area contributed by atoms with Crippen LogP contribution in [0.25, 0.3) is 16.9 Å². The number of rotatable bonds is 3. The summed E-state index contributed by atoms with van der Waals surface area (Å²) >= 11 is 0. The van der Waals surface area contributed by atoms with E-state index >= 15 is 0 Å². The van der Waals surface area contributed by atoms with E-state index in [1.165, 1.54) is 12.1 Å². The summed E-state index contributed by atoms with van der Waals surface area (Å²) in [4.78, 5) is 26.1. The van der Waals surface area contributed by atoms with Crippen LogP contribution in [0.3, 0.4) is 0 Å². The van der Waals surface area contributed by atoms with Crippen molar-refractivity contribution >= 4 is 17.4 Å². The maximum atomic E-state index is 13.9. The van der Waals surface area contributed by atoms with Gasteiger partial charge in [-0.1, -0.05) is 0 Å². The molecule has 0 atom stereocenters. The Labute approximate surface area is 121 Å². The maximum Gasteiger partial charge on any atom is 0.337 e. The molecule has 0 aliphatic heterocycles. The first-order chi connectivity index (χ1) is 10.5. The van der Waals surface area contributed by atoms with Crippen LogP contribution >= 0.6 is 0 Å². The summed E-state index contributed by atoms with van der Waals surface area (Å²) in [6.45, 7) is 0. The van der Waals surface area contributed by atoms with E-state index in [1.807, 2.05) is 0 Å². The van der Waals surface area contributed by atoms with Gasteiger partial charge >= 0.3 is 5.97 Å². The number of hydrogen-bond acceptors (Lipinski definition) is 4. The van der Waals surface area contributed by atoms with Crippen LogP contribution in [0, 0.1) is 16.5 Å². The Morgan fingerprint density at radius 3 is 2.68 bits per heavy atom. The van der Waals surface area contributed by atoms with Gasteiger partial charge in [0.1, 0.15) is 23.0 Å². The molecule has 3 rings (SSSR count). The number of fused-ring (bicyclic) bond motifs is 1. The highest BCUT2D eigenvalue weighted by molar-refractivity contribution is 5.88. The number of aromatic carboxylic acids is 1. The fourth-order valence-corrected chi connectivity index (χ4v) is 2.11. The van der Waals surface area contributed by atoms with Crippen molar-refractivity contribution in [2.45, 2.75) is 0 Å². The molecular weight excluding hydrogens is 296 g/mol. The van der Waals surface area contributed by atoms with E-state index in [4.69, 9.17) is 5.11 Å². The van der Waals surface area contributed by atoms with Crippen molar-refractivity contribution in [3.63, 3.8) is 0 Å². The molecule has 0 spiro atoms. The number of carboxylic acid groups (broad SMARTS) is 1. The largest absolute Gasteiger partial charge is 0.478 e. The highest BCUT2D eigenvalue weighted by Crippen LogP contribution is 2.33. The molecule has 1 aromatic carbocycles. The first kappa shape index (κ1) is 13.8. The van der Waals surface area contributed by atoms with Crippen molar-refractivity contribution in [2.24, 2.45) is 5.18 Å². The van der Waals surface area contributed by atoms with Gasteiger partial charge in [-0.3, -0.25) is 4.40 Å². The van der Waals surface area contributed by atoms with Crippen LogP contribution in [0.1, 0.15) is 10.4 Å². The van der Waals surface area contributed by atoms with Crippen LogP contribution in [0.4, 0.5) is 14.6 Å². The van der Waals surface area contributed by atoms with Gasteiger partial charge in [-0.2, -0.15) is 0 Å². The van der Waals surface area contributed by atoms with Crippen LogP contribution < -0.4 is 0 Å². The molecule has 0 saturated heterocycles. The van der Waals surface area contributed by atoms with Crippen LogP contribution in [0.2, 0.25) is 0 Å². The van der Waals surface area contributed by atoms with Gasteiger partial charge < -0.3 is 5.11 Å². The Morgan fingerprint density at radius 2 is 2.00 bits per heavy atom. The molecular formula is C14H7F2N3O3. The number of hydrogen-bond donors (Lipinski definition) is 1. The zero-order chi connectivity index (χ0) is 15.9. The topological polar surface area (TPSA) is 84.0 Å². The quantitative estimate of drug-likeness (QED) is 0.752. The van der Waals surface area contributed by atoms with Gasteiger partial charge in [0.25, 0.3) is 0 Å². The Hall–Kier alpha value is -3.16. The first-order valence-electron chi connectivity index (χ1n) is 6.05. The number of benzene rings is 1. The van der Waals surface area contributed by atoms with Crippen molar-refractivity contribution in [1.82, 2.24) is 9.38 Å². The molecule has 2 heterocycles. The zero-order valence-electron chi connectivity index (χ0n) is 10.8. The fraction of sp³-hybridized carbons (Fsp3) is 0. The Bertz CT molecular complexity index is 921. The van der Waals surface area contributed by atoms with Crippen molar-refractivity contribution in [3.05, 3.63) is 58.6 Å². The van der Waals surface area contributed by atoms with E-state index in [9.17, 15) is 18.5 Å². The minimum absolute atomic E-state index is 0.0962. The summed E-state index contributed by atoms with van der Waals surface area (Å²) in [6.07, 6.45) is 1.14. The molecule has 0 aliphatic carbocycles. The normalized spacial score (nSPS) is 10.8. The van der Waals surface area contributed by atoms with E-state index in [0.717, 1.165) is 28.8 Å². The summed E-state index contributed by atoms with van der Waals surface area (Å²) in [7, 11) is 0. The SMILES string of the molecule is O=Nc1c(-c2cc(F)ccc2F)nc2ccc(C(=O)O)cn12. The minimum atomic E-state index is -1.20. The van der Waals surface area contributed by atoms with Gasteiger partial charge in [0.05, 0.1) is 5.56 Å². The van der Waals surface area contributed by atoms with E-state index < -0.39 is 17.6 Å². The molecule has 110 valence electrons. The average Bonchev–Trinajstić information content (AvgIpc) is 2.86. The third-order valence-corrected chi connectivity index (χ3v) is 3.11. The van der Waals surface area contributed by atoms with Gasteiger partial charge in [-0.15, -0.1) is 4.91 Å². The summed E-state index contributed by atoms with van der Waals surface area (Å²) in [5, 5.41) is 11.7. The Morgan fingerprint density at radius 1 is 1.23 bits per heavy atom. The number of nitroso groups, excluding NO2 is 1. The number of carbonyl (C=O) groups is 1. The number of imidazole rings is 1. The van der Waals surface area contributed by atoms with Gasteiger partial charge in [0.15, 0.2) is 0 Å². The molecule has 0 amide bonds. The molecule has 0 aliphatic rings. The summed E-state index contributed by atoms with van der Waals surface area (Å²) in [5.74, 6) is -2.97. The first-order valence-corrected chi connectivity index (χ1v) is 6.05. The van der Waals surface area contributed by atoms with Crippen LogP contribution in [0.5, 0.6) is 0 Å². The monoisotopic (exact) mass is 303 g/mol. The van der Waals surface area contributed by atoms with Crippen LogP contribution in [-0.2, 0) is 0 Å². The van der Waals surface area contributed by atoms with E-state index in [1.54, 1.807) is 0 Å². The molecule has 0 bridgehead atoms. The lowest BCUT2D eigenvalue weighted by molar-refractivity contribution is 0.0696. The molecule has 0 saturated carbocycles. The summed E-state index contributed by atoms with van der Waals surface area (Å²) in [5.41, 5.74) is -0.288. The predicted octanol–water partition coefficient (Wildman–Crippen LogP) is 3.38. The highest BCUT2D eigenvalue weighted by Gasteiger charge is 2.19. The molecule has 0 fully saturated rings. The second-order valence-electron chi connectivity index (χ2n) is 4.45. The number of aromatic nitrogens is 2. The number of halogens is 2. The minimum Gasteiger partial charge on any atom is -0.478 e. The Balaban J connectivity index is 2.33. The molecule has 2 aromatic heterocycles. The average molecular weight is 303 g/mol. The molecule has 22 heavy (non-hydrogen) atoms. The van der Waals surface area contributed by atoms with Gasteiger partial charge in [0.2, 0.25) is 5.82 Å². The van der Waals surface area contributed by atoms with Gasteiger partial charge in [-0.25, -0.2) is 18.6 Å². The molecule has 0 unspecified atom stereocenters. The summed E-state index contributed by atoms with van der Waals surface area (Å²) in [6, 6.07) is 5.37. The van der Waals surface area contributed by atoms with E-state index in [2.05, 4.69) is 10.2 Å². The Kier molecular flexibility index (Phi) is 3.13. The second kappa shape index (κ2) is 4.99. The van der Waals surface area contributed by atoms with E-state index in [0.29, 0.717) is 0 Å². The van der Waals surface area contributed by atoms with Crippen LogP contribution in [0.15, 0.2) is 41.7 Å². The highest BCUT2D eigenvalue weighted by atomic mass is 19.1. The standard InChI is InChI=1S/C14H7F2N3O3/c15-8-2-3-10(16)9(5-8)12-13(18-22)19-6-7(14(20)21)1-4-11(19)17-12/h1-6H,(H,20,21). The van der Waals surface area contributed by atoms with Crippen molar-refractivity contribution in [1.29, 1.82) is 0 Å². The lowest BCUT2D eigenvalue weighted by atomic mass is 10.1. The summed E-state index contributed by atoms with van der Waals surface area (Å²) < 4.78 is 28.3. The molecule has 6 nitrogen and oxygen atoms in total. The van der Waals surface area contributed by atoms with Gasteiger partial charge in [0, 0.05) is 11.8 Å². The third-order valence-electron chi connectivity index (χ3n) is 3.11. The molecule has 3 aromatic rings. The number of nitrogens with zero attached hydrogens (tertiary/aromatic N) is 3. The predicted molar refractivity (Wildman–Crippen MR) is 73.0 cm³/mol. The maximum absolute atomic E-state index is 13.9. The third kappa shape index (κ3) is 2.10. The van der Waals surface area contributed by atoms with Crippen molar-refractivity contribution in [3.8, 4) is 11.3 Å². The smallest absolute Gasteiger partial charge is 0.337 e. The lowest BCUT2D eigenvalue weighted by Crippen LogP contribution is -1.98. The van der Waals surface area contributed by atoms with Gasteiger partial charge in [-0.05, 0) is 35.5 Å². The molecule has 1 N–H and O–H groups in total. The number of pyridine rings is 1. The van der Waals surface area contributed by atoms with Crippen molar-refractivity contribution in [2.75, 3.05) is 0 Å². The molecule has 0 radical (unpaired) electrons. The van der Waals surface area contributed by atoms with E-state index in [-0.39, 0.29) is 28.3 Å². The second-order valence-corrected chi connectivity index (χ2v) is 4.45. The molecule has 8 heteroatoms.